The summed E-state index contributed by atoms with van der Waals surface area (Å²) < 4.78 is 28.5. The third-order valence-corrected chi connectivity index (χ3v) is 6.38. The van der Waals surface area contributed by atoms with Crippen LogP contribution in [0.3, 0.4) is 0 Å². The van der Waals surface area contributed by atoms with Crippen molar-refractivity contribution in [2.45, 2.75) is 11.8 Å². The Morgan fingerprint density at radius 3 is 2.55 bits per heavy atom. The molecule has 2 heterocycles. The van der Waals surface area contributed by atoms with Gasteiger partial charge in [0.15, 0.2) is 5.13 Å². The van der Waals surface area contributed by atoms with Crippen molar-refractivity contribution in [1.82, 2.24) is 9.97 Å². The molecular formula is C20H16N4O3S2. The molecule has 0 atom stereocenters. The van der Waals surface area contributed by atoms with Crippen LogP contribution in [0.1, 0.15) is 6.92 Å². The van der Waals surface area contributed by atoms with E-state index in [4.69, 9.17) is 0 Å². The number of nitrogens with one attached hydrogen (secondary N) is 2. The molecule has 4 aromatic rings. The maximum Gasteiger partial charge on any atom is 0.261 e. The SMILES string of the molecule is CC(=O)Nc1nc2ccc(-c3cncc(NS(=O)(=O)c4ccccc4)c3)cc2s1. The number of hydrogen-bond donors (Lipinski definition) is 2. The Hall–Kier alpha value is -3.30. The molecule has 0 fully saturated rings. The molecule has 7 nitrogen and oxygen atoms in total. The van der Waals surface area contributed by atoms with E-state index in [0.29, 0.717) is 10.8 Å². The maximum absolute atomic E-state index is 12.5. The number of rotatable bonds is 5. The highest BCUT2D eigenvalue weighted by atomic mass is 32.2. The summed E-state index contributed by atoms with van der Waals surface area (Å²) in [4.78, 5) is 19.9. The number of benzene rings is 2. The Morgan fingerprint density at radius 2 is 1.79 bits per heavy atom. The number of anilines is 2. The molecule has 0 saturated carbocycles. The lowest BCUT2D eigenvalue weighted by molar-refractivity contribution is -0.114. The smallest absolute Gasteiger partial charge is 0.261 e. The standard InChI is InChI=1S/C20H16N4O3S2/c1-13(25)22-20-23-18-8-7-14(10-19(18)28-20)15-9-16(12-21-11-15)24-29(26,27)17-5-3-2-4-6-17/h2-12,24H,1H3,(H,22,23,25). The third-order valence-electron chi connectivity index (χ3n) is 4.05. The average Bonchev–Trinajstić information content (AvgIpc) is 3.09. The van der Waals surface area contributed by atoms with Crippen molar-refractivity contribution >= 4 is 48.3 Å². The van der Waals surface area contributed by atoms with E-state index in [1.165, 1.54) is 36.6 Å². The van der Waals surface area contributed by atoms with Crippen molar-refractivity contribution in [2.24, 2.45) is 0 Å². The topological polar surface area (TPSA) is 101 Å². The number of thiazole rings is 1. The van der Waals surface area contributed by atoms with Crippen LogP contribution in [-0.2, 0) is 14.8 Å². The summed E-state index contributed by atoms with van der Waals surface area (Å²) in [7, 11) is -3.69. The predicted octanol–water partition coefficient (Wildman–Crippen LogP) is 4.12. The Morgan fingerprint density at radius 1 is 1.00 bits per heavy atom. The average molecular weight is 425 g/mol. The van der Waals surface area contributed by atoms with Crippen molar-refractivity contribution in [2.75, 3.05) is 10.0 Å². The minimum absolute atomic E-state index is 0.174. The van der Waals surface area contributed by atoms with Crippen LogP contribution in [0.5, 0.6) is 0 Å². The van der Waals surface area contributed by atoms with Gasteiger partial charge in [-0.1, -0.05) is 35.6 Å². The molecule has 9 heteroatoms. The normalized spacial score (nSPS) is 11.3. The Kier molecular flexibility index (Phi) is 4.99. The van der Waals surface area contributed by atoms with E-state index in [2.05, 4.69) is 20.0 Å². The van der Waals surface area contributed by atoms with Crippen LogP contribution >= 0.6 is 11.3 Å². The lowest BCUT2D eigenvalue weighted by atomic mass is 10.1. The quantitative estimate of drug-likeness (QED) is 0.502. The molecule has 0 saturated heterocycles. The highest BCUT2D eigenvalue weighted by molar-refractivity contribution is 7.92. The second-order valence-electron chi connectivity index (χ2n) is 6.26. The minimum Gasteiger partial charge on any atom is -0.302 e. The summed E-state index contributed by atoms with van der Waals surface area (Å²) in [5.74, 6) is -0.174. The number of nitrogens with zero attached hydrogens (tertiary/aromatic N) is 2. The summed E-state index contributed by atoms with van der Waals surface area (Å²) in [5, 5.41) is 3.22. The molecule has 0 spiro atoms. The lowest BCUT2D eigenvalue weighted by Crippen LogP contribution is -2.12. The van der Waals surface area contributed by atoms with Gasteiger partial charge in [0.2, 0.25) is 5.91 Å². The fourth-order valence-electron chi connectivity index (χ4n) is 2.78. The van der Waals surface area contributed by atoms with Crippen LogP contribution in [0, 0.1) is 0 Å². The van der Waals surface area contributed by atoms with Crippen molar-refractivity contribution in [3.05, 3.63) is 67.0 Å². The second kappa shape index (κ2) is 7.61. The highest BCUT2D eigenvalue weighted by Crippen LogP contribution is 2.31. The first kappa shape index (κ1) is 19.0. The van der Waals surface area contributed by atoms with Crippen molar-refractivity contribution < 1.29 is 13.2 Å². The number of pyridine rings is 1. The van der Waals surface area contributed by atoms with Gasteiger partial charge in [0.1, 0.15) is 0 Å². The van der Waals surface area contributed by atoms with Gasteiger partial charge in [0, 0.05) is 18.7 Å². The fourth-order valence-corrected chi connectivity index (χ4v) is 4.78. The van der Waals surface area contributed by atoms with Gasteiger partial charge in [0.05, 0.1) is 27.0 Å². The van der Waals surface area contributed by atoms with Crippen molar-refractivity contribution in [3.63, 3.8) is 0 Å². The Balaban J connectivity index is 1.64. The molecule has 146 valence electrons. The molecule has 0 unspecified atom stereocenters. The summed E-state index contributed by atoms with van der Waals surface area (Å²) in [6.45, 7) is 1.44. The molecule has 2 aromatic heterocycles. The predicted molar refractivity (Wildman–Crippen MR) is 114 cm³/mol. The highest BCUT2D eigenvalue weighted by Gasteiger charge is 2.14. The number of carbonyl (C=O) groups excluding carboxylic acids is 1. The van der Waals surface area contributed by atoms with Crippen LogP contribution in [0.4, 0.5) is 10.8 Å². The van der Waals surface area contributed by atoms with E-state index < -0.39 is 10.0 Å². The third kappa shape index (κ3) is 4.25. The first-order chi connectivity index (χ1) is 13.9. The molecule has 2 N–H and O–H groups in total. The van der Waals surface area contributed by atoms with Crippen LogP contribution in [0.25, 0.3) is 21.3 Å². The molecule has 0 aliphatic heterocycles. The molecule has 2 aromatic carbocycles. The number of fused-ring (bicyclic) bond motifs is 1. The van der Waals surface area contributed by atoms with Crippen LogP contribution in [0.2, 0.25) is 0 Å². The molecule has 0 aliphatic rings. The summed E-state index contributed by atoms with van der Waals surface area (Å²) in [5.41, 5.74) is 2.77. The number of sulfonamides is 1. The van der Waals surface area contributed by atoms with Crippen LogP contribution in [-0.4, -0.2) is 24.3 Å². The maximum atomic E-state index is 12.5. The van der Waals surface area contributed by atoms with Gasteiger partial charge in [-0.25, -0.2) is 13.4 Å². The van der Waals surface area contributed by atoms with Gasteiger partial charge in [0.25, 0.3) is 10.0 Å². The van der Waals surface area contributed by atoms with E-state index in [1.807, 2.05) is 18.2 Å². The van der Waals surface area contributed by atoms with E-state index in [-0.39, 0.29) is 10.8 Å². The van der Waals surface area contributed by atoms with Crippen molar-refractivity contribution in [1.29, 1.82) is 0 Å². The largest absolute Gasteiger partial charge is 0.302 e. The van der Waals surface area contributed by atoms with E-state index >= 15 is 0 Å². The molecule has 0 aliphatic carbocycles. The van der Waals surface area contributed by atoms with Gasteiger partial charge >= 0.3 is 0 Å². The number of aromatic nitrogens is 2. The summed E-state index contributed by atoms with van der Waals surface area (Å²) in [6.07, 6.45) is 3.13. The van der Waals surface area contributed by atoms with Gasteiger partial charge < -0.3 is 5.32 Å². The molecular weight excluding hydrogens is 408 g/mol. The number of hydrogen-bond acceptors (Lipinski definition) is 6. The lowest BCUT2D eigenvalue weighted by Gasteiger charge is -2.09. The molecule has 0 bridgehead atoms. The number of carbonyl (C=O) groups is 1. The van der Waals surface area contributed by atoms with Gasteiger partial charge in [-0.05, 0) is 35.9 Å². The van der Waals surface area contributed by atoms with E-state index in [9.17, 15) is 13.2 Å². The zero-order chi connectivity index (χ0) is 20.4. The van der Waals surface area contributed by atoms with Gasteiger partial charge in [-0.15, -0.1) is 0 Å². The fraction of sp³-hybridized carbons (Fsp3) is 0.0500. The molecule has 1 amide bonds. The first-order valence-electron chi connectivity index (χ1n) is 8.62. The minimum atomic E-state index is -3.69. The molecule has 4 rings (SSSR count). The Labute approximate surface area is 171 Å². The Bertz CT molecular complexity index is 1300. The van der Waals surface area contributed by atoms with Gasteiger partial charge in [-0.2, -0.15) is 0 Å². The summed E-state index contributed by atoms with van der Waals surface area (Å²) >= 11 is 1.37. The van der Waals surface area contributed by atoms with E-state index in [1.54, 1.807) is 30.5 Å². The molecule has 0 radical (unpaired) electrons. The number of amides is 1. The van der Waals surface area contributed by atoms with Gasteiger partial charge in [-0.3, -0.25) is 14.5 Å². The van der Waals surface area contributed by atoms with Crippen LogP contribution in [0.15, 0.2) is 71.9 Å². The summed E-state index contributed by atoms with van der Waals surface area (Å²) in [6, 6.07) is 15.6. The zero-order valence-corrected chi connectivity index (χ0v) is 16.9. The van der Waals surface area contributed by atoms with E-state index in [0.717, 1.165) is 21.3 Å². The van der Waals surface area contributed by atoms with Crippen molar-refractivity contribution in [3.8, 4) is 11.1 Å². The second-order valence-corrected chi connectivity index (χ2v) is 8.98. The first-order valence-corrected chi connectivity index (χ1v) is 10.9. The zero-order valence-electron chi connectivity index (χ0n) is 15.3. The molecule has 29 heavy (non-hydrogen) atoms. The monoisotopic (exact) mass is 424 g/mol. The van der Waals surface area contributed by atoms with Crippen LogP contribution < -0.4 is 10.0 Å².